The highest BCUT2D eigenvalue weighted by atomic mass is 28.4. The third kappa shape index (κ3) is 21.9. The Labute approximate surface area is 141 Å². The normalized spacial score (nSPS) is 13.3. The fourth-order valence-corrected chi connectivity index (χ4v) is 2.87. The summed E-state index contributed by atoms with van der Waals surface area (Å²) in [7, 11) is -2.80. The summed E-state index contributed by atoms with van der Waals surface area (Å²) in [5.41, 5.74) is 0. The summed E-state index contributed by atoms with van der Waals surface area (Å²) in [4.78, 5) is 0. The molecule has 0 aliphatic rings. The Morgan fingerprint density at radius 2 is 0.826 bits per heavy atom. The van der Waals surface area contributed by atoms with Crippen molar-refractivity contribution in [2.24, 2.45) is 0 Å². The molecule has 2 unspecified atom stereocenters. The zero-order chi connectivity index (χ0) is 18.7. The first-order valence-electron chi connectivity index (χ1n) is 7.92. The first kappa shape index (κ1) is 27.7. The average Bonchev–Trinajstić information content (AvgIpc) is 2.49. The molecule has 0 saturated heterocycles. The first-order chi connectivity index (χ1) is 10.8. The molecule has 0 radical (unpaired) electrons. The maximum Gasteiger partial charge on any atom is 0.679 e. The van der Waals surface area contributed by atoms with Crippen molar-refractivity contribution in [3.8, 4) is 0 Å². The molecule has 0 bridgehead atoms. The van der Waals surface area contributed by atoms with Gasteiger partial charge in [0.2, 0.25) is 0 Å². The predicted octanol–water partition coefficient (Wildman–Crippen LogP) is 0.287. The van der Waals surface area contributed by atoms with E-state index in [0.717, 1.165) is 0 Å². The van der Waals surface area contributed by atoms with E-state index in [2.05, 4.69) is 0 Å². The van der Waals surface area contributed by atoms with Gasteiger partial charge in [0.25, 0.3) is 0 Å². The molecule has 0 aromatic carbocycles. The van der Waals surface area contributed by atoms with Gasteiger partial charge in [-0.15, -0.1) is 0 Å². The van der Waals surface area contributed by atoms with Crippen LogP contribution in [0.15, 0.2) is 0 Å². The molecule has 0 aliphatic carbocycles. The van der Waals surface area contributed by atoms with Crippen LogP contribution in [0.3, 0.4) is 0 Å². The van der Waals surface area contributed by atoms with E-state index in [4.69, 9.17) is 38.1 Å². The van der Waals surface area contributed by atoms with E-state index < -0.39 is 21.3 Å². The minimum absolute atomic E-state index is 0.139. The lowest BCUT2D eigenvalue weighted by Crippen LogP contribution is -2.49. The third-order valence-corrected chi connectivity index (χ3v) is 4.38. The van der Waals surface area contributed by atoms with Gasteiger partial charge in [-0.25, -0.2) is 0 Å². The maximum atomic E-state index is 8.11. The summed E-state index contributed by atoms with van der Waals surface area (Å²) in [6.45, 7) is 12.6. The molecule has 0 saturated carbocycles. The van der Waals surface area contributed by atoms with E-state index in [-0.39, 0.29) is 13.2 Å². The largest absolute Gasteiger partial charge is 0.679 e. The van der Waals surface area contributed by atoms with Crippen LogP contribution in [0.1, 0.15) is 41.5 Å². The minimum atomic E-state index is -2.80. The monoisotopic (exact) mass is 360 g/mol. The van der Waals surface area contributed by atoms with E-state index in [0.29, 0.717) is 26.4 Å². The number of aliphatic hydroxyl groups excluding tert-OH is 4. The van der Waals surface area contributed by atoms with Gasteiger partial charge in [0.15, 0.2) is 0 Å². The summed E-state index contributed by atoms with van der Waals surface area (Å²) < 4.78 is 21.7. The van der Waals surface area contributed by atoms with Gasteiger partial charge in [0, 0.05) is 26.4 Å². The Hall–Kier alpha value is -0.103. The SMILES string of the molecule is CC(O)CO.CC(O)CO.CCO[Si](OCC)(OCC)OCC. The molecule has 0 aromatic heterocycles. The smallest absolute Gasteiger partial charge is 0.394 e. The van der Waals surface area contributed by atoms with Gasteiger partial charge in [-0.1, -0.05) is 0 Å². The van der Waals surface area contributed by atoms with Crippen LogP contribution in [0.25, 0.3) is 0 Å². The van der Waals surface area contributed by atoms with Crippen LogP contribution in [0.4, 0.5) is 0 Å². The lowest BCUT2D eigenvalue weighted by atomic mass is 10.5. The fourth-order valence-electron chi connectivity index (χ4n) is 0.957. The molecule has 0 rings (SSSR count). The van der Waals surface area contributed by atoms with Crippen molar-refractivity contribution in [1.82, 2.24) is 0 Å². The molecular formula is C14H36O8Si. The molecule has 0 amide bonds. The second-order valence-corrected chi connectivity index (χ2v) is 6.45. The minimum Gasteiger partial charge on any atom is -0.394 e. The van der Waals surface area contributed by atoms with Crippen LogP contribution in [-0.2, 0) is 17.7 Å². The average molecular weight is 361 g/mol. The molecule has 9 heteroatoms. The third-order valence-electron chi connectivity index (χ3n) is 1.81. The van der Waals surface area contributed by atoms with Crippen molar-refractivity contribution in [3.05, 3.63) is 0 Å². The summed E-state index contributed by atoms with van der Waals surface area (Å²) in [6, 6.07) is 0. The second kappa shape index (κ2) is 19.9. The Kier molecular flexibility index (Phi) is 24.0. The lowest BCUT2D eigenvalue weighted by Gasteiger charge is -2.26. The quantitative estimate of drug-likeness (QED) is 0.411. The van der Waals surface area contributed by atoms with Gasteiger partial charge < -0.3 is 38.1 Å². The highest BCUT2D eigenvalue weighted by molar-refractivity contribution is 6.53. The molecule has 2 atom stereocenters. The van der Waals surface area contributed by atoms with Gasteiger partial charge in [-0.05, 0) is 41.5 Å². The van der Waals surface area contributed by atoms with Crippen LogP contribution in [-0.4, -0.2) is 81.3 Å². The molecule has 0 spiro atoms. The molecular weight excluding hydrogens is 324 g/mol. The van der Waals surface area contributed by atoms with Gasteiger partial charge >= 0.3 is 9.05 Å². The fraction of sp³-hybridized carbons (Fsp3) is 1.00. The number of aliphatic hydroxyl groups is 4. The zero-order valence-corrected chi connectivity index (χ0v) is 16.3. The predicted molar refractivity (Wildman–Crippen MR) is 89.8 cm³/mol. The van der Waals surface area contributed by atoms with Crippen molar-refractivity contribution in [1.29, 1.82) is 0 Å². The van der Waals surface area contributed by atoms with Crippen molar-refractivity contribution in [3.63, 3.8) is 0 Å². The van der Waals surface area contributed by atoms with Crippen molar-refractivity contribution >= 4 is 9.05 Å². The Balaban J connectivity index is -0.000000329. The van der Waals surface area contributed by atoms with Crippen molar-refractivity contribution in [2.45, 2.75) is 53.8 Å². The van der Waals surface area contributed by atoms with Gasteiger partial charge in [-0.2, -0.15) is 0 Å². The summed E-state index contributed by atoms with van der Waals surface area (Å²) in [5, 5.41) is 32.0. The van der Waals surface area contributed by atoms with Gasteiger partial charge in [0.1, 0.15) is 0 Å². The van der Waals surface area contributed by atoms with Gasteiger partial charge in [0.05, 0.1) is 25.4 Å². The molecule has 23 heavy (non-hydrogen) atoms. The van der Waals surface area contributed by atoms with E-state index in [1.54, 1.807) is 0 Å². The Morgan fingerprint density at radius 1 is 0.652 bits per heavy atom. The highest BCUT2D eigenvalue weighted by Gasteiger charge is 2.44. The van der Waals surface area contributed by atoms with E-state index in [9.17, 15) is 0 Å². The molecule has 0 heterocycles. The summed E-state index contributed by atoms with van der Waals surface area (Å²) in [6.07, 6.45) is -1.12. The molecule has 0 fully saturated rings. The zero-order valence-electron chi connectivity index (χ0n) is 15.3. The van der Waals surface area contributed by atoms with Crippen LogP contribution in [0.2, 0.25) is 0 Å². The van der Waals surface area contributed by atoms with E-state index in [1.165, 1.54) is 13.8 Å². The first-order valence-corrected chi connectivity index (χ1v) is 9.55. The molecule has 144 valence electrons. The maximum absolute atomic E-state index is 8.11. The molecule has 0 aromatic rings. The topological polar surface area (TPSA) is 118 Å². The summed E-state index contributed by atoms with van der Waals surface area (Å²) >= 11 is 0. The van der Waals surface area contributed by atoms with E-state index >= 15 is 0 Å². The van der Waals surface area contributed by atoms with Crippen LogP contribution in [0.5, 0.6) is 0 Å². The number of hydrogen-bond donors (Lipinski definition) is 4. The van der Waals surface area contributed by atoms with Crippen LogP contribution < -0.4 is 0 Å². The molecule has 4 N–H and O–H groups in total. The van der Waals surface area contributed by atoms with Crippen molar-refractivity contribution < 1.29 is 38.1 Å². The Morgan fingerprint density at radius 3 is 0.913 bits per heavy atom. The number of rotatable bonds is 10. The Bertz CT molecular complexity index is 179. The standard InChI is InChI=1S/C8H20O4Si.2C3H8O2/c1-5-9-13(10-6-2,11-7-3)12-8-4;2*1-3(5)2-4/h5-8H2,1-4H3;2*3-5H,2H2,1H3. The van der Waals surface area contributed by atoms with Crippen LogP contribution >= 0.6 is 0 Å². The lowest BCUT2D eigenvalue weighted by molar-refractivity contribution is -0.0247. The van der Waals surface area contributed by atoms with Crippen molar-refractivity contribution in [2.75, 3.05) is 39.6 Å². The van der Waals surface area contributed by atoms with Crippen LogP contribution in [0, 0.1) is 0 Å². The highest BCUT2D eigenvalue weighted by Crippen LogP contribution is 2.11. The second-order valence-electron chi connectivity index (χ2n) is 4.30. The molecule has 8 nitrogen and oxygen atoms in total. The van der Waals surface area contributed by atoms with E-state index in [1.807, 2.05) is 27.7 Å². The number of hydrogen-bond acceptors (Lipinski definition) is 8. The molecule has 0 aliphatic heterocycles. The summed E-state index contributed by atoms with van der Waals surface area (Å²) in [5.74, 6) is 0. The van der Waals surface area contributed by atoms with Gasteiger partial charge in [-0.3, -0.25) is 0 Å².